The minimum Gasteiger partial charge on any atom is -0.0646 e. The third-order valence-electron chi connectivity index (χ3n) is 7.47. The molecule has 4 rings (SSSR count). The molecule has 2 unspecified atom stereocenters. The van der Waals surface area contributed by atoms with Gasteiger partial charge >= 0.3 is 0 Å². The fraction of sp³-hybridized carbons (Fsp3) is 0.448. The van der Waals surface area contributed by atoms with Gasteiger partial charge in [0.15, 0.2) is 0 Å². The monoisotopic (exact) mass is 540 g/mol. The van der Waals surface area contributed by atoms with Crippen LogP contribution < -0.4 is 0 Å². The quantitative estimate of drug-likeness (QED) is 0.361. The molecule has 2 aromatic rings. The summed E-state index contributed by atoms with van der Waals surface area (Å²) in [6.07, 6.45) is 4.82. The summed E-state index contributed by atoms with van der Waals surface area (Å²) in [6, 6.07) is 9.56. The fourth-order valence-corrected chi connectivity index (χ4v) is 7.24. The largest absolute Gasteiger partial charge is 0.0646 e. The molecule has 0 saturated carbocycles. The second kappa shape index (κ2) is 8.03. The van der Waals surface area contributed by atoms with E-state index in [9.17, 15) is 0 Å². The van der Waals surface area contributed by atoms with Crippen LogP contribution in [0.4, 0.5) is 0 Å². The van der Waals surface area contributed by atoms with Crippen LogP contribution in [-0.4, -0.2) is 0 Å². The van der Waals surface area contributed by atoms with Crippen LogP contribution in [0, 0.1) is 5.41 Å². The molecular weight excluding hydrogens is 508 g/mol. The fourth-order valence-electron chi connectivity index (χ4n) is 6.03. The van der Waals surface area contributed by atoms with Crippen LogP contribution in [0.2, 0.25) is 0 Å². The maximum atomic E-state index is 3.88. The van der Waals surface area contributed by atoms with Gasteiger partial charge in [0.2, 0.25) is 0 Å². The minimum absolute atomic E-state index is 0.0573. The van der Waals surface area contributed by atoms with Crippen LogP contribution in [0.1, 0.15) is 112 Å². The Morgan fingerprint density at radius 1 is 0.677 bits per heavy atom. The molecule has 0 fully saturated rings. The van der Waals surface area contributed by atoms with Gasteiger partial charge in [-0.2, -0.15) is 0 Å². The second-order valence-electron chi connectivity index (χ2n) is 10.8. The SMILES string of the molecule is CC1=Cc2c(Br)cc(C(C)C)cc2C1C(C)(C)C1C(C)=Cc2c(Br)cc(C(C)C)cc21. The lowest BCUT2D eigenvalue weighted by atomic mass is 9.62. The minimum atomic E-state index is 0.0573. The molecule has 0 spiro atoms. The summed E-state index contributed by atoms with van der Waals surface area (Å²) in [4.78, 5) is 0. The van der Waals surface area contributed by atoms with E-state index < -0.39 is 0 Å². The van der Waals surface area contributed by atoms with Crippen molar-refractivity contribution in [2.45, 2.75) is 79.1 Å². The van der Waals surface area contributed by atoms with E-state index in [0.29, 0.717) is 23.7 Å². The zero-order valence-electron chi connectivity index (χ0n) is 20.0. The Balaban J connectivity index is 1.87. The van der Waals surface area contributed by atoms with Gasteiger partial charge in [0.1, 0.15) is 0 Å². The molecule has 2 aliphatic carbocycles. The maximum Gasteiger partial charge on any atom is 0.0253 e. The van der Waals surface area contributed by atoms with Gasteiger partial charge in [0.05, 0.1) is 0 Å². The van der Waals surface area contributed by atoms with Crippen LogP contribution in [0.15, 0.2) is 44.4 Å². The van der Waals surface area contributed by atoms with Crippen LogP contribution in [-0.2, 0) is 0 Å². The second-order valence-corrected chi connectivity index (χ2v) is 12.5. The predicted molar refractivity (Wildman–Crippen MR) is 143 cm³/mol. The van der Waals surface area contributed by atoms with Crippen molar-refractivity contribution in [2.75, 3.05) is 0 Å². The topological polar surface area (TPSA) is 0 Å². The van der Waals surface area contributed by atoms with E-state index in [1.54, 1.807) is 0 Å². The average Bonchev–Trinajstić information content (AvgIpc) is 3.18. The van der Waals surface area contributed by atoms with Gasteiger partial charge in [-0.15, -0.1) is 0 Å². The molecule has 0 N–H and O–H groups in total. The highest BCUT2D eigenvalue weighted by Crippen LogP contribution is 2.59. The Morgan fingerprint density at radius 2 is 1.03 bits per heavy atom. The van der Waals surface area contributed by atoms with E-state index >= 15 is 0 Å². The Hall–Kier alpha value is -1.12. The van der Waals surface area contributed by atoms with E-state index in [0.717, 1.165) is 0 Å². The summed E-state index contributed by atoms with van der Waals surface area (Å²) in [5.74, 6) is 1.84. The molecule has 164 valence electrons. The summed E-state index contributed by atoms with van der Waals surface area (Å²) in [7, 11) is 0. The lowest BCUT2D eigenvalue weighted by Gasteiger charge is -2.41. The number of benzene rings is 2. The third kappa shape index (κ3) is 3.72. The van der Waals surface area contributed by atoms with Crippen molar-refractivity contribution in [1.82, 2.24) is 0 Å². The number of rotatable bonds is 4. The van der Waals surface area contributed by atoms with Crippen molar-refractivity contribution < 1.29 is 0 Å². The van der Waals surface area contributed by atoms with Crippen molar-refractivity contribution in [3.05, 3.63) is 77.7 Å². The van der Waals surface area contributed by atoms with Crippen molar-refractivity contribution in [3.63, 3.8) is 0 Å². The van der Waals surface area contributed by atoms with Gasteiger partial charge in [-0.3, -0.25) is 0 Å². The summed E-state index contributed by atoms with van der Waals surface area (Å²) in [5, 5.41) is 0. The number of hydrogen-bond donors (Lipinski definition) is 0. The molecule has 31 heavy (non-hydrogen) atoms. The molecule has 2 aromatic carbocycles. The van der Waals surface area contributed by atoms with Crippen molar-refractivity contribution in [1.29, 1.82) is 0 Å². The molecule has 0 saturated heterocycles. The van der Waals surface area contributed by atoms with Gasteiger partial charge in [0, 0.05) is 20.8 Å². The van der Waals surface area contributed by atoms with Crippen molar-refractivity contribution >= 4 is 44.0 Å². The van der Waals surface area contributed by atoms with E-state index in [2.05, 4.69) is 124 Å². The molecule has 0 aliphatic heterocycles. The normalized spacial score (nSPS) is 20.3. The van der Waals surface area contributed by atoms with E-state index in [-0.39, 0.29) is 5.41 Å². The Kier molecular flexibility index (Phi) is 5.97. The molecule has 0 heterocycles. The molecule has 2 aliphatic rings. The lowest BCUT2D eigenvalue weighted by molar-refractivity contribution is 0.274. The van der Waals surface area contributed by atoms with Crippen LogP contribution in [0.25, 0.3) is 12.2 Å². The highest BCUT2D eigenvalue weighted by atomic mass is 79.9. The molecule has 0 bridgehead atoms. The molecule has 0 amide bonds. The highest BCUT2D eigenvalue weighted by Gasteiger charge is 2.45. The van der Waals surface area contributed by atoms with Gasteiger partial charge in [-0.25, -0.2) is 0 Å². The zero-order valence-corrected chi connectivity index (χ0v) is 23.2. The van der Waals surface area contributed by atoms with Crippen LogP contribution in [0.5, 0.6) is 0 Å². The van der Waals surface area contributed by atoms with Crippen LogP contribution in [0.3, 0.4) is 0 Å². The van der Waals surface area contributed by atoms with Crippen LogP contribution >= 0.6 is 31.9 Å². The average molecular weight is 542 g/mol. The molecule has 2 heteroatoms. The first-order chi connectivity index (χ1) is 14.4. The predicted octanol–water partition coefficient (Wildman–Crippen LogP) is 10.2. The molecule has 0 aromatic heterocycles. The number of fused-ring (bicyclic) bond motifs is 2. The number of allylic oxidation sites excluding steroid dienone is 2. The highest BCUT2D eigenvalue weighted by molar-refractivity contribution is 9.10. The molecule has 2 atom stereocenters. The third-order valence-corrected chi connectivity index (χ3v) is 8.78. The summed E-state index contributed by atoms with van der Waals surface area (Å²) >= 11 is 7.76. The Labute approximate surface area is 205 Å². The standard InChI is InChI=1S/C29H34Br2/c1-15(2)19-11-23-21(25(30)13-19)9-17(5)27(23)29(7,8)28-18(6)10-22-24(28)12-20(16(3)4)14-26(22)31/h9-16,27-28H,1-8H3. The first kappa shape index (κ1) is 23.1. The van der Waals surface area contributed by atoms with E-state index in [4.69, 9.17) is 0 Å². The van der Waals surface area contributed by atoms with Crippen molar-refractivity contribution in [3.8, 4) is 0 Å². The Morgan fingerprint density at radius 3 is 1.35 bits per heavy atom. The summed E-state index contributed by atoms with van der Waals surface area (Å²) in [5.41, 5.74) is 11.6. The van der Waals surface area contributed by atoms with Gasteiger partial charge < -0.3 is 0 Å². The first-order valence-electron chi connectivity index (χ1n) is 11.5. The van der Waals surface area contributed by atoms with E-state index in [1.807, 2.05) is 0 Å². The van der Waals surface area contributed by atoms with Crippen molar-refractivity contribution in [2.24, 2.45) is 5.41 Å². The number of hydrogen-bond acceptors (Lipinski definition) is 0. The smallest absolute Gasteiger partial charge is 0.0253 e. The van der Waals surface area contributed by atoms with E-state index in [1.165, 1.54) is 53.5 Å². The summed E-state index contributed by atoms with van der Waals surface area (Å²) in [6.45, 7) is 18.7. The van der Waals surface area contributed by atoms with Gasteiger partial charge in [-0.1, -0.05) is 109 Å². The molecule has 0 radical (unpaired) electrons. The molecular formula is C29H34Br2. The molecule has 0 nitrogen and oxygen atoms in total. The summed E-state index contributed by atoms with van der Waals surface area (Å²) < 4.78 is 2.46. The first-order valence-corrected chi connectivity index (χ1v) is 13.0. The maximum absolute atomic E-state index is 3.88. The van der Waals surface area contributed by atoms with Gasteiger partial charge in [-0.05, 0) is 76.6 Å². The van der Waals surface area contributed by atoms with Gasteiger partial charge in [0.25, 0.3) is 0 Å². The lowest BCUT2D eigenvalue weighted by Crippen LogP contribution is -2.30. The Bertz CT molecular complexity index is 1020. The zero-order chi connectivity index (χ0) is 22.8. The number of halogens is 2.